The molecule has 0 aliphatic carbocycles. The van der Waals surface area contributed by atoms with Gasteiger partial charge in [0.05, 0.1) is 0 Å². The van der Waals surface area contributed by atoms with Gasteiger partial charge >= 0.3 is 119 Å². The van der Waals surface area contributed by atoms with Crippen molar-refractivity contribution < 1.29 is 0 Å². The first-order chi connectivity index (χ1) is 9.36. The fourth-order valence-corrected chi connectivity index (χ4v) is 3.63. The van der Waals surface area contributed by atoms with Gasteiger partial charge < -0.3 is 0 Å². The van der Waals surface area contributed by atoms with Crippen LogP contribution in [0.5, 0.6) is 0 Å². The Kier molecular flexibility index (Phi) is 3.67. The van der Waals surface area contributed by atoms with E-state index >= 15 is 0 Å². The van der Waals surface area contributed by atoms with E-state index in [1.165, 1.54) is 16.2 Å². The number of fused-ring (bicyclic) bond motifs is 1. The molecule has 0 atom stereocenters. The Morgan fingerprint density at radius 3 is 2.58 bits per heavy atom. The van der Waals surface area contributed by atoms with Gasteiger partial charge in [-0.05, 0) is 0 Å². The minimum atomic E-state index is 0.612. The topological polar surface area (TPSA) is 28.7 Å². The Morgan fingerprint density at radius 2 is 1.84 bits per heavy atom. The molecule has 3 heteroatoms. The van der Waals surface area contributed by atoms with E-state index in [-0.39, 0.29) is 0 Å². The Morgan fingerprint density at radius 1 is 1.05 bits per heavy atom. The number of nitrogens with one attached hydrogen (secondary N) is 1. The standard InChI is InChI=1S/C16H16N2Se/c1-2-11-19-13-9-7-12(8-10-13)16-17-14-5-3-4-6-15(14)18-16/h3-10H,2,11H2,1H3,(H,17,18). The van der Waals surface area contributed by atoms with Gasteiger partial charge in [0.25, 0.3) is 0 Å². The predicted octanol–water partition coefficient (Wildman–Crippen LogP) is 3.39. The fourth-order valence-electron chi connectivity index (χ4n) is 2.02. The fraction of sp³-hybridized carbons (Fsp3) is 0.188. The molecular formula is C16H16N2Se. The molecule has 2 nitrogen and oxygen atoms in total. The van der Waals surface area contributed by atoms with Crippen LogP contribution in [0.4, 0.5) is 0 Å². The van der Waals surface area contributed by atoms with Crippen LogP contribution in [0.15, 0.2) is 48.5 Å². The van der Waals surface area contributed by atoms with E-state index < -0.39 is 0 Å². The first-order valence-corrected chi connectivity index (χ1v) is 8.61. The summed E-state index contributed by atoms with van der Waals surface area (Å²) in [4.78, 5) is 7.99. The molecule has 1 heterocycles. The number of H-pyrrole nitrogens is 1. The van der Waals surface area contributed by atoms with E-state index in [1.54, 1.807) is 0 Å². The predicted molar refractivity (Wildman–Crippen MR) is 82.0 cm³/mol. The van der Waals surface area contributed by atoms with E-state index in [0.717, 1.165) is 22.4 Å². The summed E-state index contributed by atoms with van der Waals surface area (Å²) in [6.45, 7) is 2.24. The molecule has 3 aromatic rings. The molecule has 2 aromatic carbocycles. The first-order valence-electron chi connectivity index (χ1n) is 6.55. The normalized spacial score (nSPS) is 11.0. The molecule has 3 rings (SSSR count). The number of hydrogen-bond acceptors (Lipinski definition) is 1. The molecule has 0 aliphatic rings. The van der Waals surface area contributed by atoms with Crippen LogP contribution in [0.1, 0.15) is 13.3 Å². The zero-order chi connectivity index (χ0) is 13.1. The van der Waals surface area contributed by atoms with Crippen molar-refractivity contribution in [1.82, 2.24) is 9.97 Å². The molecule has 0 spiro atoms. The third kappa shape index (κ3) is 2.73. The molecular weight excluding hydrogens is 299 g/mol. The second kappa shape index (κ2) is 5.60. The van der Waals surface area contributed by atoms with Gasteiger partial charge in [0.1, 0.15) is 0 Å². The molecule has 1 N–H and O–H groups in total. The van der Waals surface area contributed by atoms with Gasteiger partial charge in [0.2, 0.25) is 0 Å². The number of para-hydroxylation sites is 2. The monoisotopic (exact) mass is 316 g/mol. The summed E-state index contributed by atoms with van der Waals surface area (Å²) in [5, 5.41) is 1.32. The van der Waals surface area contributed by atoms with Crippen molar-refractivity contribution in [1.29, 1.82) is 0 Å². The van der Waals surface area contributed by atoms with Crippen molar-refractivity contribution in [2.45, 2.75) is 18.7 Å². The third-order valence-electron chi connectivity index (χ3n) is 2.99. The summed E-state index contributed by atoms with van der Waals surface area (Å²) < 4.78 is 1.47. The van der Waals surface area contributed by atoms with Crippen LogP contribution in [0.25, 0.3) is 22.4 Å². The SMILES string of the molecule is CCC[Se]c1ccc(-c2nc3ccccc3[nH]2)cc1. The van der Waals surface area contributed by atoms with Crippen LogP contribution in [-0.4, -0.2) is 24.9 Å². The molecule has 0 aliphatic heterocycles. The summed E-state index contributed by atoms with van der Waals surface area (Å²) >= 11 is 0.612. The van der Waals surface area contributed by atoms with Crippen molar-refractivity contribution in [3.63, 3.8) is 0 Å². The average Bonchev–Trinajstić information content (AvgIpc) is 2.89. The zero-order valence-corrected chi connectivity index (χ0v) is 12.6. The third-order valence-corrected chi connectivity index (χ3v) is 5.55. The van der Waals surface area contributed by atoms with E-state index in [1.807, 2.05) is 18.2 Å². The average molecular weight is 315 g/mol. The number of aromatic amines is 1. The van der Waals surface area contributed by atoms with E-state index in [4.69, 9.17) is 0 Å². The van der Waals surface area contributed by atoms with E-state index in [9.17, 15) is 0 Å². The van der Waals surface area contributed by atoms with Crippen molar-refractivity contribution in [2.24, 2.45) is 0 Å². The van der Waals surface area contributed by atoms with Crippen molar-refractivity contribution in [3.8, 4) is 11.4 Å². The van der Waals surface area contributed by atoms with E-state index in [2.05, 4.69) is 47.2 Å². The Labute approximate surface area is 119 Å². The van der Waals surface area contributed by atoms with Gasteiger partial charge in [0.15, 0.2) is 0 Å². The molecule has 0 saturated carbocycles. The van der Waals surface area contributed by atoms with Gasteiger partial charge in [-0.1, -0.05) is 0 Å². The van der Waals surface area contributed by atoms with Crippen LogP contribution in [0, 0.1) is 0 Å². The molecule has 96 valence electrons. The van der Waals surface area contributed by atoms with Crippen LogP contribution in [-0.2, 0) is 0 Å². The van der Waals surface area contributed by atoms with Crippen molar-refractivity contribution in [2.75, 3.05) is 0 Å². The molecule has 0 radical (unpaired) electrons. The number of rotatable bonds is 4. The number of benzene rings is 2. The molecule has 0 amide bonds. The summed E-state index contributed by atoms with van der Waals surface area (Å²) in [6, 6.07) is 17.0. The van der Waals surface area contributed by atoms with Crippen LogP contribution < -0.4 is 4.46 Å². The van der Waals surface area contributed by atoms with Crippen molar-refractivity contribution >= 4 is 30.5 Å². The number of aromatic nitrogens is 2. The maximum absolute atomic E-state index is 4.62. The molecule has 1 aromatic heterocycles. The summed E-state index contributed by atoms with van der Waals surface area (Å²) in [7, 11) is 0. The number of hydrogen-bond donors (Lipinski definition) is 1. The molecule has 0 bridgehead atoms. The Balaban J connectivity index is 1.88. The van der Waals surface area contributed by atoms with Gasteiger partial charge in [-0.15, -0.1) is 0 Å². The molecule has 0 unspecified atom stereocenters. The number of imidazole rings is 1. The first kappa shape index (κ1) is 12.5. The summed E-state index contributed by atoms with van der Waals surface area (Å²) in [5.41, 5.74) is 3.28. The Hall–Kier alpha value is -1.57. The van der Waals surface area contributed by atoms with Gasteiger partial charge in [0, 0.05) is 0 Å². The van der Waals surface area contributed by atoms with Gasteiger partial charge in [-0.25, -0.2) is 0 Å². The summed E-state index contributed by atoms with van der Waals surface area (Å²) in [5.74, 6) is 0.954. The molecule has 19 heavy (non-hydrogen) atoms. The summed E-state index contributed by atoms with van der Waals surface area (Å²) in [6.07, 6.45) is 1.27. The zero-order valence-electron chi connectivity index (χ0n) is 10.9. The van der Waals surface area contributed by atoms with E-state index in [0.29, 0.717) is 15.0 Å². The second-order valence-electron chi connectivity index (χ2n) is 4.48. The van der Waals surface area contributed by atoms with Crippen LogP contribution >= 0.6 is 0 Å². The van der Waals surface area contributed by atoms with Crippen LogP contribution in [0.3, 0.4) is 0 Å². The van der Waals surface area contributed by atoms with Gasteiger partial charge in [-0.3, -0.25) is 0 Å². The minimum absolute atomic E-state index is 0.612. The van der Waals surface area contributed by atoms with Crippen LogP contribution in [0.2, 0.25) is 5.32 Å². The second-order valence-corrected chi connectivity index (χ2v) is 6.93. The van der Waals surface area contributed by atoms with Crippen molar-refractivity contribution in [3.05, 3.63) is 48.5 Å². The quantitative estimate of drug-likeness (QED) is 0.735. The van der Waals surface area contributed by atoms with Gasteiger partial charge in [-0.2, -0.15) is 0 Å². The molecule has 0 fully saturated rings. The Bertz CT molecular complexity index is 638. The number of nitrogens with zero attached hydrogens (tertiary/aromatic N) is 1. The maximum atomic E-state index is 4.62. The molecule has 0 saturated heterocycles.